The third-order valence-corrected chi connectivity index (χ3v) is 3.00. The summed E-state index contributed by atoms with van der Waals surface area (Å²) in [5.41, 5.74) is 1.61. The first-order valence-electron chi connectivity index (χ1n) is 5.67. The summed E-state index contributed by atoms with van der Waals surface area (Å²) in [6.45, 7) is 2.86. The Kier molecular flexibility index (Phi) is 2.40. The number of aryl methyl sites for hydroxylation is 1. The maximum absolute atomic E-state index is 13.1. The molecular weight excluding hydrogens is 233 g/mol. The van der Waals surface area contributed by atoms with Crippen molar-refractivity contribution in [3.63, 3.8) is 0 Å². The van der Waals surface area contributed by atoms with Crippen molar-refractivity contribution in [2.75, 3.05) is 0 Å². The Morgan fingerprint density at radius 2 is 2.33 bits per heavy atom. The van der Waals surface area contributed by atoms with E-state index in [2.05, 4.69) is 4.98 Å². The maximum Gasteiger partial charge on any atom is 0.213 e. The molecular formula is C13H12FN3O. The number of nitrogens with zero attached hydrogens (tertiary/aromatic N) is 2. The Morgan fingerprint density at radius 3 is 3.06 bits per heavy atom. The van der Waals surface area contributed by atoms with Crippen molar-refractivity contribution in [2.45, 2.75) is 20.0 Å². The number of rotatable bonds is 2. The average molecular weight is 245 g/mol. The normalized spacial score (nSPS) is 14.1. The van der Waals surface area contributed by atoms with E-state index in [-0.39, 0.29) is 5.82 Å². The van der Waals surface area contributed by atoms with Gasteiger partial charge in [0.15, 0.2) is 0 Å². The zero-order valence-electron chi connectivity index (χ0n) is 9.90. The zero-order chi connectivity index (χ0) is 12.7. The van der Waals surface area contributed by atoms with Gasteiger partial charge in [0.05, 0.1) is 12.7 Å². The van der Waals surface area contributed by atoms with Crippen molar-refractivity contribution < 1.29 is 8.81 Å². The third kappa shape index (κ3) is 1.77. The van der Waals surface area contributed by atoms with Crippen molar-refractivity contribution in [1.29, 1.82) is 5.41 Å². The van der Waals surface area contributed by atoms with Gasteiger partial charge < -0.3 is 9.32 Å². The highest BCUT2D eigenvalue weighted by Gasteiger charge is 2.25. The second kappa shape index (κ2) is 3.94. The van der Waals surface area contributed by atoms with E-state index in [1.807, 2.05) is 11.8 Å². The monoisotopic (exact) mass is 245 g/mol. The molecule has 0 bridgehead atoms. The molecule has 1 N–H and O–H groups in total. The summed E-state index contributed by atoms with van der Waals surface area (Å²) in [6, 6.07) is 4.55. The van der Waals surface area contributed by atoms with E-state index in [4.69, 9.17) is 9.83 Å². The number of halogens is 1. The molecule has 5 heteroatoms. The van der Waals surface area contributed by atoms with Crippen molar-refractivity contribution in [3.8, 4) is 0 Å². The molecule has 0 saturated carbocycles. The van der Waals surface area contributed by atoms with Gasteiger partial charge in [-0.15, -0.1) is 0 Å². The van der Waals surface area contributed by atoms with Crippen LogP contribution in [0.3, 0.4) is 0 Å². The molecule has 0 aliphatic carbocycles. The highest BCUT2D eigenvalue weighted by atomic mass is 19.1. The van der Waals surface area contributed by atoms with Gasteiger partial charge in [0.2, 0.25) is 5.89 Å². The standard InChI is InChI=1S/C13H12FN3O/c1-8-5-16-12(18-8)7-17-6-9-2-3-10(14)4-11(9)13(17)15/h2-5,15H,6-7H2,1H3. The first kappa shape index (κ1) is 11.0. The van der Waals surface area contributed by atoms with Gasteiger partial charge in [-0.05, 0) is 24.6 Å². The van der Waals surface area contributed by atoms with Gasteiger partial charge in [-0.2, -0.15) is 0 Å². The molecule has 1 aromatic carbocycles. The summed E-state index contributed by atoms with van der Waals surface area (Å²) >= 11 is 0. The molecule has 3 rings (SSSR count). The Hall–Kier alpha value is -2.17. The Labute approximate surface area is 104 Å². The quantitative estimate of drug-likeness (QED) is 0.884. The lowest BCUT2D eigenvalue weighted by atomic mass is 10.1. The molecule has 2 aromatic rings. The predicted molar refractivity (Wildman–Crippen MR) is 63.7 cm³/mol. The summed E-state index contributed by atoms with van der Waals surface area (Å²) in [6.07, 6.45) is 1.65. The molecule has 0 saturated heterocycles. The second-order valence-corrected chi connectivity index (χ2v) is 4.37. The van der Waals surface area contributed by atoms with Crippen LogP contribution in [0.5, 0.6) is 0 Å². The lowest BCUT2D eigenvalue weighted by molar-refractivity contribution is 0.350. The van der Waals surface area contributed by atoms with Crippen LogP contribution >= 0.6 is 0 Å². The van der Waals surface area contributed by atoms with Crippen molar-refractivity contribution in [2.24, 2.45) is 0 Å². The van der Waals surface area contributed by atoms with Crippen LogP contribution in [0.25, 0.3) is 0 Å². The summed E-state index contributed by atoms with van der Waals surface area (Å²) < 4.78 is 18.5. The van der Waals surface area contributed by atoms with Crippen molar-refractivity contribution >= 4 is 5.84 Å². The van der Waals surface area contributed by atoms with Gasteiger partial charge in [0.25, 0.3) is 0 Å². The zero-order valence-corrected chi connectivity index (χ0v) is 9.90. The smallest absolute Gasteiger partial charge is 0.213 e. The van der Waals surface area contributed by atoms with E-state index in [0.29, 0.717) is 30.4 Å². The number of hydrogen-bond acceptors (Lipinski definition) is 3. The van der Waals surface area contributed by atoms with E-state index < -0.39 is 0 Å². The number of nitrogens with one attached hydrogen (secondary N) is 1. The second-order valence-electron chi connectivity index (χ2n) is 4.37. The molecule has 4 nitrogen and oxygen atoms in total. The summed E-state index contributed by atoms with van der Waals surface area (Å²) in [5.74, 6) is 1.33. The molecule has 0 radical (unpaired) electrons. The van der Waals surface area contributed by atoms with Crippen LogP contribution in [0, 0.1) is 18.2 Å². The van der Waals surface area contributed by atoms with E-state index in [9.17, 15) is 4.39 Å². The van der Waals surface area contributed by atoms with E-state index in [1.165, 1.54) is 12.1 Å². The molecule has 1 aliphatic heterocycles. The van der Waals surface area contributed by atoms with Gasteiger partial charge >= 0.3 is 0 Å². The molecule has 0 fully saturated rings. The van der Waals surface area contributed by atoms with Crippen molar-refractivity contribution in [3.05, 3.63) is 53.0 Å². The first-order chi connectivity index (χ1) is 8.63. The minimum Gasteiger partial charge on any atom is -0.444 e. The van der Waals surface area contributed by atoms with Crippen LogP contribution in [0.4, 0.5) is 4.39 Å². The fourth-order valence-corrected chi connectivity index (χ4v) is 2.13. The maximum atomic E-state index is 13.1. The van der Waals surface area contributed by atoms with E-state index in [1.54, 1.807) is 12.3 Å². The molecule has 18 heavy (non-hydrogen) atoms. The van der Waals surface area contributed by atoms with Crippen LogP contribution in [0.2, 0.25) is 0 Å². The first-order valence-corrected chi connectivity index (χ1v) is 5.67. The number of aromatic nitrogens is 1. The topological polar surface area (TPSA) is 53.1 Å². The SMILES string of the molecule is Cc1cnc(CN2Cc3ccc(F)cc3C2=N)o1. The number of benzene rings is 1. The fraction of sp³-hybridized carbons (Fsp3) is 0.231. The van der Waals surface area contributed by atoms with Gasteiger partial charge in [0.1, 0.15) is 17.4 Å². The number of hydrogen-bond donors (Lipinski definition) is 1. The summed E-state index contributed by atoms with van der Waals surface area (Å²) in [7, 11) is 0. The van der Waals surface area contributed by atoms with Crippen LogP contribution in [-0.4, -0.2) is 15.7 Å². The molecule has 1 aliphatic rings. The average Bonchev–Trinajstić information content (AvgIpc) is 2.86. The van der Waals surface area contributed by atoms with Gasteiger partial charge in [0, 0.05) is 12.1 Å². The lowest BCUT2D eigenvalue weighted by Gasteiger charge is -2.15. The van der Waals surface area contributed by atoms with Gasteiger partial charge in [-0.1, -0.05) is 6.07 Å². The van der Waals surface area contributed by atoms with E-state index in [0.717, 1.165) is 11.3 Å². The Morgan fingerprint density at radius 1 is 1.50 bits per heavy atom. The number of oxazole rings is 1. The van der Waals surface area contributed by atoms with E-state index >= 15 is 0 Å². The fourth-order valence-electron chi connectivity index (χ4n) is 2.13. The molecule has 92 valence electrons. The van der Waals surface area contributed by atoms with Crippen LogP contribution in [0.15, 0.2) is 28.8 Å². The highest BCUT2D eigenvalue weighted by Crippen LogP contribution is 2.24. The Bertz CT molecular complexity index is 620. The van der Waals surface area contributed by atoms with Crippen LogP contribution in [0.1, 0.15) is 22.8 Å². The molecule has 0 atom stereocenters. The number of fused-ring (bicyclic) bond motifs is 1. The lowest BCUT2D eigenvalue weighted by Crippen LogP contribution is -2.23. The van der Waals surface area contributed by atoms with Crippen LogP contribution in [-0.2, 0) is 13.1 Å². The van der Waals surface area contributed by atoms with Gasteiger partial charge in [-0.25, -0.2) is 9.37 Å². The molecule has 0 amide bonds. The third-order valence-electron chi connectivity index (χ3n) is 3.00. The summed E-state index contributed by atoms with van der Waals surface area (Å²) in [5, 5.41) is 8.03. The largest absolute Gasteiger partial charge is 0.444 e. The predicted octanol–water partition coefficient (Wildman–Crippen LogP) is 2.46. The molecule has 1 aromatic heterocycles. The molecule has 0 spiro atoms. The minimum atomic E-state index is -0.313. The van der Waals surface area contributed by atoms with Crippen LogP contribution < -0.4 is 0 Å². The Balaban J connectivity index is 1.84. The molecule has 2 heterocycles. The highest BCUT2D eigenvalue weighted by molar-refractivity contribution is 6.00. The molecule has 0 unspecified atom stereocenters. The summed E-state index contributed by atoms with van der Waals surface area (Å²) in [4.78, 5) is 5.93. The van der Waals surface area contributed by atoms with Gasteiger partial charge in [-0.3, -0.25) is 5.41 Å². The van der Waals surface area contributed by atoms with Crippen molar-refractivity contribution in [1.82, 2.24) is 9.88 Å². The number of amidine groups is 1. The minimum absolute atomic E-state index is 0.313.